The van der Waals surface area contributed by atoms with Gasteiger partial charge in [-0.15, -0.1) is 0 Å². The molecule has 1 aliphatic carbocycles. The van der Waals surface area contributed by atoms with Gasteiger partial charge in [-0.1, -0.05) is 30.4 Å². The van der Waals surface area contributed by atoms with E-state index < -0.39 is 23.3 Å². The summed E-state index contributed by atoms with van der Waals surface area (Å²) >= 11 is 0. The van der Waals surface area contributed by atoms with Gasteiger partial charge >= 0.3 is 5.69 Å². The second-order valence-electron chi connectivity index (χ2n) is 5.45. The van der Waals surface area contributed by atoms with Gasteiger partial charge in [0.2, 0.25) is 0 Å². The highest BCUT2D eigenvalue weighted by atomic mass is 16.3. The molecule has 0 saturated heterocycles. The Hall–Kier alpha value is -2.73. The molecule has 1 N–H and O–H groups in total. The summed E-state index contributed by atoms with van der Waals surface area (Å²) in [5.41, 5.74) is -1.05. The van der Waals surface area contributed by atoms with Crippen molar-refractivity contribution in [2.45, 2.75) is 25.0 Å². The third-order valence-corrected chi connectivity index (χ3v) is 3.91. The number of aliphatic hydroxyl groups is 1. The summed E-state index contributed by atoms with van der Waals surface area (Å²) in [5, 5.41) is 9.50. The highest BCUT2D eigenvalue weighted by Crippen LogP contribution is 2.20. The summed E-state index contributed by atoms with van der Waals surface area (Å²) in [5.74, 6) is -0.644. The van der Waals surface area contributed by atoms with Gasteiger partial charge in [0.15, 0.2) is 0 Å². The van der Waals surface area contributed by atoms with Crippen LogP contribution in [0.4, 0.5) is 0 Å². The Morgan fingerprint density at radius 1 is 1.04 bits per heavy atom. The van der Waals surface area contributed by atoms with Crippen molar-refractivity contribution in [2.24, 2.45) is 0 Å². The number of aromatic nitrogens is 2. The summed E-state index contributed by atoms with van der Waals surface area (Å²) in [6.45, 7) is 0. The number of nitrogens with zero attached hydrogens (tertiary/aromatic N) is 2. The number of benzene rings is 1. The normalized spacial score (nSPS) is 20.4. The van der Waals surface area contributed by atoms with Gasteiger partial charge in [-0.25, -0.2) is 4.79 Å². The van der Waals surface area contributed by atoms with Crippen LogP contribution in [0.2, 0.25) is 0 Å². The maximum atomic E-state index is 12.6. The van der Waals surface area contributed by atoms with Crippen LogP contribution in [0.15, 0.2) is 64.3 Å². The fraction of sp³-hybridized carbons (Fsp3) is 0.235. The molecule has 118 valence electrons. The Balaban J connectivity index is 2.07. The van der Waals surface area contributed by atoms with Crippen molar-refractivity contribution < 1.29 is 9.90 Å². The molecule has 0 bridgehead atoms. The molecule has 1 aromatic heterocycles. The van der Waals surface area contributed by atoms with Crippen molar-refractivity contribution in [3.8, 4) is 0 Å². The predicted molar refractivity (Wildman–Crippen MR) is 84.6 cm³/mol. The van der Waals surface area contributed by atoms with E-state index >= 15 is 0 Å². The summed E-state index contributed by atoms with van der Waals surface area (Å²) in [6, 6.07) is 9.14. The van der Waals surface area contributed by atoms with E-state index in [2.05, 4.69) is 0 Å². The van der Waals surface area contributed by atoms with Gasteiger partial charge in [-0.2, -0.15) is 4.57 Å². The highest BCUT2D eigenvalue weighted by molar-refractivity contribution is 5.95. The number of aliphatic hydroxyl groups excluding tert-OH is 1. The molecule has 6 nitrogen and oxygen atoms in total. The second-order valence-corrected chi connectivity index (χ2v) is 5.45. The molecule has 0 saturated carbocycles. The third kappa shape index (κ3) is 2.93. The number of rotatable bonds is 2. The maximum absolute atomic E-state index is 12.6. The molecule has 3 rings (SSSR count). The van der Waals surface area contributed by atoms with E-state index in [1.54, 1.807) is 42.5 Å². The van der Waals surface area contributed by atoms with Gasteiger partial charge in [-0.3, -0.25) is 14.2 Å². The molecule has 1 aromatic carbocycles. The first-order valence-corrected chi connectivity index (χ1v) is 7.38. The van der Waals surface area contributed by atoms with Crippen LogP contribution in [0.25, 0.3) is 0 Å². The second kappa shape index (κ2) is 6.18. The maximum Gasteiger partial charge on any atom is 0.338 e. The van der Waals surface area contributed by atoms with Gasteiger partial charge in [0.05, 0.1) is 12.1 Å². The fourth-order valence-electron chi connectivity index (χ4n) is 2.66. The monoisotopic (exact) mass is 312 g/mol. The van der Waals surface area contributed by atoms with Crippen LogP contribution in [0.1, 0.15) is 29.2 Å². The molecule has 0 spiro atoms. The lowest BCUT2D eigenvalue weighted by molar-refractivity contribution is 0.0947. The zero-order valence-corrected chi connectivity index (χ0v) is 12.3. The molecule has 0 fully saturated rings. The van der Waals surface area contributed by atoms with Crippen molar-refractivity contribution >= 4 is 5.91 Å². The minimum Gasteiger partial charge on any atom is -0.389 e. The average molecular weight is 312 g/mol. The van der Waals surface area contributed by atoms with Crippen LogP contribution in [0.3, 0.4) is 0 Å². The summed E-state index contributed by atoms with van der Waals surface area (Å²) in [6.07, 6.45) is 5.31. The van der Waals surface area contributed by atoms with Crippen molar-refractivity contribution in [3.05, 3.63) is 81.1 Å². The van der Waals surface area contributed by atoms with E-state index in [0.29, 0.717) is 17.4 Å². The quantitative estimate of drug-likeness (QED) is 0.837. The molecule has 6 heteroatoms. The molecule has 1 aliphatic rings. The van der Waals surface area contributed by atoms with Crippen molar-refractivity contribution in [2.75, 3.05) is 0 Å². The van der Waals surface area contributed by atoms with E-state index in [1.165, 1.54) is 16.8 Å². The Morgan fingerprint density at radius 2 is 1.78 bits per heavy atom. The van der Waals surface area contributed by atoms with Gasteiger partial charge in [0.1, 0.15) is 0 Å². The SMILES string of the molecule is O=C(c1ccccc1)n1c(=O)ccn([C@H]2C=C[C@H](O)CC2)c1=O. The Morgan fingerprint density at radius 3 is 2.43 bits per heavy atom. The van der Waals surface area contributed by atoms with Gasteiger partial charge in [0, 0.05) is 17.8 Å². The van der Waals surface area contributed by atoms with Crippen LogP contribution in [0.5, 0.6) is 0 Å². The molecule has 0 radical (unpaired) electrons. The Bertz CT molecular complexity index is 864. The van der Waals surface area contributed by atoms with E-state index in [1.807, 2.05) is 0 Å². The number of carbonyl (C=O) groups is 1. The van der Waals surface area contributed by atoms with Crippen molar-refractivity contribution in [1.29, 1.82) is 0 Å². The molecule has 0 unspecified atom stereocenters. The summed E-state index contributed by atoms with van der Waals surface area (Å²) in [7, 11) is 0. The molecule has 23 heavy (non-hydrogen) atoms. The van der Waals surface area contributed by atoms with Crippen molar-refractivity contribution in [1.82, 2.24) is 9.13 Å². The fourth-order valence-corrected chi connectivity index (χ4v) is 2.66. The first kappa shape index (κ1) is 15.2. The van der Waals surface area contributed by atoms with Gasteiger partial charge < -0.3 is 5.11 Å². The number of hydrogen-bond donors (Lipinski definition) is 1. The molecule has 1 heterocycles. The minimum absolute atomic E-state index is 0.277. The largest absolute Gasteiger partial charge is 0.389 e. The first-order valence-electron chi connectivity index (χ1n) is 7.38. The van der Waals surface area contributed by atoms with E-state index in [0.717, 1.165) is 0 Å². The zero-order valence-electron chi connectivity index (χ0n) is 12.3. The lowest BCUT2D eigenvalue weighted by Crippen LogP contribution is -2.44. The molecule has 0 amide bonds. The summed E-state index contributed by atoms with van der Waals surface area (Å²) < 4.78 is 2.00. The van der Waals surface area contributed by atoms with Crippen LogP contribution >= 0.6 is 0 Å². The number of hydrogen-bond acceptors (Lipinski definition) is 4. The summed E-state index contributed by atoms with van der Waals surface area (Å²) in [4.78, 5) is 37.1. The van der Waals surface area contributed by atoms with E-state index in [-0.39, 0.29) is 11.6 Å². The molecule has 0 aliphatic heterocycles. The smallest absolute Gasteiger partial charge is 0.338 e. The lowest BCUT2D eigenvalue weighted by Gasteiger charge is -2.22. The molecular formula is C17H16N2O4. The molecular weight excluding hydrogens is 296 g/mol. The highest BCUT2D eigenvalue weighted by Gasteiger charge is 2.20. The predicted octanol–water partition coefficient (Wildman–Crippen LogP) is 0.950. The van der Waals surface area contributed by atoms with Crippen molar-refractivity contribution in [3.63, 3.8) is 0 Å². The van der Waals surface area contributed by atoms with Gasteiger partial charge in [0.25, 0.3) is 11.5 Å². The van der Waals surface area contributed by atoms with Crippen LogP contribution < -0.4 is 11.2 Å². The van der Waals surface area contributed by atoms with Gasteiger partial charge in [-0.05, 0) is 25.0 Å². The van der Waals surface area contributed by atoms with E-state index in [4.69, 9.17) is 0 Å². The van der Waals surface area contributed by atoms with Crippen LogP contribution in [-0.4, -0.2) is 26.3 Å². The Labute approximate surface area is 131 Å². The minimum atomic E-state index is -0.669. The Kier molecular flexibility index (Phi) is 4.08. The number of carbonyl (C=O) groups excluding carboxylic acids is 1. The van der Waals surface area contributed by atoms with E-state index in [9.17, 15) is 19.5 Å². The van der Waals surface area contributed by atoms with Crippen LogP contribution in [0, 0.1) is 0 Å². The standard InChI is InChI=1S/C17H16N2O4/c20-14-8-6-13(7-9-14)18-11-10-15(21)19(17(18)23)16(22)12-4-2-1-3-5-12/h1-6,8,10-11,13-14,20H,7,9H2/t13-,14-/m0/s1. The average Bonchev–Trinajstić information content (AvgIpc) is 2.57. The number of allylic oxidation sites excluding steroid dienone is 1. The van der Waals surface area contributed by atoms with Crippen LogP contribution in [-0.2, 0) is 0 Å². The first-order chi connectivity index (χ1) is 11.1. The topological polar surface area (TPSA) is 81.3 Å². The molecule has 2 aromatic rings. The zero-order chi connectivity index (χ0) is 16.4. The molecule has 2 atom stereocenters. The third-order valence-electron chi connectivity index (χ3n) is 3.91. The lowest BCUT2D eigenvalue weighted by atomic mass is 10.0.